The van der Waals surface area contributed by atoms with Crippen LogP contribution in [0.15, 0.2) is 64.8 Å². The predicted octanol–water partition coefficient (Wildman–Crippen LogP) is 3.46. The van der Waals surface area contributed by atoms with Crippen molar-refractivity contribution in [2.24, 2.45) is 4.99 Å². The summed E-state index contributed by atoms with van der Waals surface area (Å²) in [6.07, 6.45) is 0. The second-order valence-electron chi connectivity index (χ2n) is 6.26. The van der Waals surface area contributed by atoms with Crippen LogP contribution < -0.4 is 5.32 Å². The van der Waals surface area contributed by atoms with Crippen molar-refractivity contribution in [3.8, 4) is 0 Å². The summed E-state index contributed by atoms with van der Waals surface area (Å²) >= 11 is 0. The molecular weight excluding hydrogens is 364 g/mol. The predicted molar refractivity (Wildman–Crippen MR) is 102 cm³/mol. The number of nitro benzene ring substituents is 2. The Morgan fingerprint density at radius 3 is 2.25 bits per heavy atom. The average Bonchev–Trinajstić information content (AvgIpc) is 2.67. The Hall–Kier alpha value is -3.88. The topological polar surface area (TPSA) is 128 Å². The molecule has 0 fully saturated rings. The van der Waals surface area contributed by atoms with E-state index in [4.69, 9.17) is 0 Å². The zero-order valence-electron chi connectivity index (χ0n) is 15.1. The van der Waals surface area contributed by atoms with Gasteiger partial charge in [0.05, 0.1) is 9.85 Å². The van der Waals surface area contributed by atoms with Gasteiger partial charge in [-0.1, -0.05) is 24.3 Å². The van der Waals surface area contributed by atoms with E-state index in [0.717, 1.165) is 0 Å². The number of hydrogen-bond donors (Lipinski definition) is 1. The zero-order valence-corrected chi connectivity index (χ0v) is 15.1. The number of carbonyl (C=O) groups is 1. The Bertz CT molecular complexity index is 1060. The minimum atomic E-state index is -0.757. The van der Waals surface area contributed by atoms with Gasteiger partial charge in [0.25, 0.3) is 11.4 Å². The van der Waals surface area contributed by atoms with E-state index in [1.54, 1.807) is 25.1 Å². The van der Waals surface area contributed by atoms with Gasteiger partial charge in [-0.15, -0.1) is 0 Å². The molecule has 0 unspecified atom stereocenters. The Labute approximate surface area is 159 Å². The van der Waals surface area contributed by atoms with Crippen LogP contribution in [0.1, 0.15) is 31.0 Å². The van der Waals surface area contributed by atoms with Crippen LogP contribution in [0.5, 0.6) is 0 Å². The Balaban J connectivity index is 2.13. The van der Waals surface area contributed by atoms with E-state index in [1.165, 1.54) is 37.3 Å². The van der Waals surface area contributed by atoms with E-state index >= 15 is 0 Å². The summed E-state index contributed by atoms with van der Waals surface area (Å²) in [5, 5.41) is 25.2. The number of benzene rings is 2. The number of hydrogen-bond acceptors (Lipinski definition) is 7. The molecule has 0 saturated carbocycles. The van der Waals surface area contributed by atoms with Gasteiger partial charge in [-0.05, 0) is 19.4 Å². The number of nitro groups is 2. The quantitative estimate of drug-likeness (QED) is 0.625. The molecule has 0 bridgehead atoms. The van der Waals surface area contributed by atoms with Gasteiger partial charge in [-0.3, -0.25) is 30.0 Å². The first kappa shape index (κ1) is 18.9. The van der Waals surface area contributed by atoms with Gasteiger partial charge >= 0.3 is 0 Å². The molecule has 0 spiro atoms. The molecule has 1 atom stereocenters. The van der Waals surface area contributed by atoms with Crippen molar-refractivity contribution in [2.45, 2.75) is 19.9 Å². The molecule has 0 amide bonds. The van der Waals surface area contributed by atoms with E-state index in [1.807, 2.05) is 0 Å². The molecule has 2 aromatic carbocycles. The number of nitrogens with zero attached hydrogens (tertiary/aromatic N) is 3. The van der Waals surface area contributed by atoms with Gasteiger partial charge in [-0.25, -0.2) is 0 Å². The maximum atomic E-state index is 12.2. The molecule has 0 aromatic heterocycles. The summed E-state index contributed by atoms with van der Waals surface area (Å²) in [6, 6.07) is 11.1. The number of ketones is 1. The molecule has 1 N–H and O–H groups in total. The number of aliphatic imine (C=N–C) groups is 1. The maximum Gasteiger partial charge on any atom is 0.270 e. The molecule has 9 heteroatoms. The maximum absolute atomic E-state index is 12.2. The smallest absolute Gasteiger partial charge is 0.270 e. The highest BCUT2D eigenvalue weighted by Gasteiger charge is 2.28. The minimum Gasteiger partial charge on any atom is -0.343 e. The number of amidine groups is 1. The summed E-state index contributed by atoms with van der Waals surface area (Å²) < 4.78 is 0. The molecule has 28 heavy (non-hydrogen) atoms. The summed E-state index contributed by atoms with van der Waals surface area (Å²) in [7, 11) is 0. The van der Waals surface area contributed by atoms with Crippen molar-refractivity contribution in [3.05, 3.63) is 91.2 Å². The Morgan fingerprint density at radius 2 is 1.64 bits per heavy atom. The normalized spacial score (nSPS) is 16.2. The van der Waals surface area contributed by atoms with Gasteiger partial charge in [0.15, 0.2) is 5.78 Å². The summed E-state index contributed by atoms with van der Waals surface area (Å²) in [6.45, 7) is 3.10. The first-order valence-electron chi connectivity index (χ1n) is 8.33. The highest BCUT2D eigenvalue weighted by atomic mass is 16.6. The largest absolute Gasteiger partial charge is 0.343 e. The fourth-order valence-electron chi connectivity index (χ4n) is 3.10. The number of non-ortho nitro benzene ring substituents is 2. The molecule has 3 rings (SSSR count). The highest BCUT2D eigenvalue weighted by molar-refractivity contribution is 6.05. The van der Waals surface area contributed by atoms with E-state index in [-0.39, 0.29) is 17.2 Å². The van der Waals surface area contributed by atoms with Gasteiger partial charge in [0, 0.05) is 41.1 Å². The minimum absolute atomic E-state index is 0.0899. The molecule has 1 aliphatic heterocycles. The summed E-state index contributed by atoms with van der Waals surface area (Å²) in [4.78, 5) is 37.9. The number of allylic oxidation sites excluding steroid dienone is 1. The lowest BCUT2D eigenvalue weighted by molar-refractivity contribution is -0.385. The third kappa shape index (κ3) is 3.63. The lowest BCUT2D eigenvalue weighted by Crippen LogP contribution is -2.31. The Kier molecular flexibility index (Phi) is 4.99. The monoisotopic (exact) mass is 380 g/mol. The highest BCUT2D eigenvalue weighted by Crippen LogP contribution is 2.33. The zero-order chi connectivity index (χ0) is 20.4. The molecule has 142 valence electrons. The van der Waals surface area contributed by atoms with Crippen molar-refractivity contribution >= 4 is 23.0 Å². The van der Waals surface area contributed by atoms with Crippen LogP contribution in [-0.4, -0.2) is 21.5 Å². The van der Waals surface area contributed by atoms with Crippen LogP contribution in [0, 0.1) is 20.2 Å². The lowest BCUT2D eigenvalue weighted by atomic mass is 9.92. The molecule has 0 radical (unpaired) electrons. The third-order valence-electron chi connectivity index (χ3n) is 4.35. The molecule has 9 nitrogen and oxygen atoms in total. The van der Waals surface area contributed by atoms with Crippen molar-refractivity contribution < 1.29 is 14.6 Å². The number of Topliss-reactive ketones (excluding diaryl/α,β-unsaturated/α-hetero) is 1. The van der Waals surface area contributed by atoms with Gasteiger partial charge in [0.1, 0.15) is 11.9 Å². The van der Waals surface area contributed by atoms with Crippen molar-refractivity contribution in [1.29, 1.82) is 0 Å². The van der Waals surface area contributed by atoms with Crippen LogP contribution in [0.4, 0.5) is 11.4 Å². The van der Waals surface area contributed by atoms with E-state index in [2.05, 4.69) is 10.3 Å². The average molecular weight is 380 g/mol. The van der Waals surface area contributed by atoms with Gasteiger partial charge in [0.2, 0.25) is 0 Å². The molecule has 1 heterocycles. The number of carbonyl (C=O) groups excluding carboxylic acids is 1. The lowest BCUT2D eigenvalue weighted by Gasteiger charge is -2.26. The van der Waals surface area contributed by atoms with E-state index < -0.39 is 15.9 Å². The van der Waals surface area contributed by atoms with Crippen LogP contribution in [0.2, 0.25) is 0 Å². The fraction of sp³-hybridized carbons (Fsp3) is 0.158. The molecule has 1 aliphatic rings. The SMILES string of the molecule is CC(=O)C1=C(C)NC(c2cccc([N+](=O)[O-])c2)=N[C@@H]1c1cccc([N+](=O)[O-])c1. The van der Waals surface area contributed by atoms with Crippen molar-refractivity contribution in [2.75, 3.05) is 0 Å². The molecule has 0 saturated heterocycles. The van der Waals surface area contributed by atoms with Gasteiger partial charge < -0.3 is 5.32 Å². The van der Waals surface area contributed by atoms with Crippen LogP contribution in [-0.2, 0) is 4.79 Å². The molecule has 2 aromatic rings. The number of rotatable bonds is 5. The fourth-order valence-corrected chi connectivity index (χ4v) is 3.10. The molecular formula is C19H16N4O5. The second kappa shape index (κ2) is 7.39. The van der Waals surface area contributed by atoms with E-state index in [9.17, 15) is 25.0 Å². The van der Waals surface area contributed by atoms with Crippen LogP contribution >= 0.6 is 0 Å². The van der Waals surface area contributed by atoms with Crippen LogP contribution in [0.25, 0.3) is 0 Å². The summed E-state index contributed by atoms with van der Waals surface area (Å²) in [5.74, 6) is 0.131. The van der Waals surface area contributed by atoms with Gasteiger partial charge in [-0.2, -0.15) is 0 Å². The summed E-state index contributed by atoms with van der Waals surface area (Å²) in [5.41, 5.74) is 1.70. The molecule has 0 aliphatic carbocycles. The first-order chi connectivity index (χ1) is 13.3. The van der Waals surface area contributed by atoms with Crippen molar-refractivity contribution in [1.82, 2.24) is 5.32 Å². The standard InChI is InChI=1S/C19H16N4O5/c1-11-17(12(2)24)18(13-5-3-7-15(9-13)22(25)26)21-19(20-11)14-6-4-8-16(10-14)23(27)28/h3-10,18H,1-2H3,(H,20,21)/t18-/m1/s1. The van der Waals surface area contributed by atoms with Crippen molar-refractivity contribution in [3.63, 3.8) is 0 Å². The third-order valence-corrected chi connectivity index (χ3v) is 4.35. The van der Waals surface area contributed by atoms with E-state index in [0.29, 0.717) is 28.2 Å². The Morgan fingerprint density at radius 1 is 1.04 bits per heavy atom. The number of nitrogens with one attached hydrogen (secondary N) is 1. The second-order valence-corrected chi connectivity index (χ2v) is 6.26. The first-order valence-corrected chi connectivity index (χ1v) is 8.33. The van der Waals surface area contributed by atoms with Crippen LogP contribution in [0.3, 0.4) is 0 Å².